The molecule has 0 saturated heterocycles. The van der Waals surface area contributed by atoms with E-state index >= 15 is 0 Å². The first-order valence-electron chi connectivity index (χ1n) is 5.97. The summed E-state index contributed by atoms with van der Waals surface area (Å²) in [4.78, 5) is 3.79. The molecule has 0 aliphatic carbocycles. The quantitative estimate of drug-likeness (QED) is 0.863. The molecule has 0 fully saturated rings. The molecular formula is C13H22BrNOS. The van der Waals surface area contributed by atoms with E-state index < -0.39 is 0 Å². The molecule has 1 aromatic rings. The van der Waals surface area contributed by atoms with Crippen molar-refractivity contribution in [2.45, 2.75) is 33.7 Å². The van der Waals surface area contributed by atoms with Crippen LogP contribution in [0.25, 0.3) is 0 Å². The molecule has 0 aromatic carbocycles. The lowest BCUT2D eigenvalue weighted by molar-refractivity contribution is 0.167. The Hall–Kier alpha value is 0.100. The fourth-order valence-corrected chi connectivity index (χ4v) is 3.34. The number of halogens is 1. The van der Waals surface area contributed by atoms with Crippen molar-refractivity contribution in [3.05, 3.63) is 20.8 Å². The Morgan fingerprint density at radius 3 is 2.59 bits per heavy atom. The van der Waals surface area contributed by atoms with Crippen LogP contribution in [0.5, 0.6) is 0 Å². The zero-order valence-electron chi connectivity index (χ0n) is 10.9. The van der Waals surface area contributed by atoms with Gasteiger partial charge in [0.2, 0.25) is 0 Å². The Morgan fingerprint density at radius 2 is 2.12 bits per heavy atom. The van der Waals surface area contributed by atoms with Gasteiger partial charge in [-0.05, 0) is 39.2 Å². The molecule has 17 heavy (non-hydrogen) atoms. The summed E-state index contributed by atoms with van der Waals surface area (Å²) in [6, 6.07) is 2.10. The lowest BCUT2D eigenvalue weighted by Gasteiger charge is -2.29. The van der Waals surface area contributed by atoms with Crippen LogP contribution in [0.4, 0.5) is 0 Å². The van der Waals surface area contributed by atoms with Gasteiger partial charge in [-0.3, -0.25) is 4.90 Å². The summed E-state index contributed by atoms with van der Waals surface area (Å²) < 4.78 is 1.20. The van der Waals surface area contributed by atoms with E-state index in [-0.39, 0.29) is 6.61 Å². The highest BCUT2D eigenvalue weighted by atomic mass is 79.9. The van der Waals surface area contributed by atoms with E-state index in [0.717, 1.165) is 26.1 Å². The maximum absolute atomic E-state index is 8.96. The number of thiophene rings is 1. The fourth-order valence-electron chi connectivity index (χ4n) is 1.82. The number of hydrogen-bond donors (Lipinski definition) is 1. The van der Waals surface area contributed by atoms with Gasteiger partial charge in [0, 0.05) is 35.6 Å². The smallest absolute Gasteiger partial charge is 0.0443 e. The molecule has 0 saturated carbocycles. The van der Waals surface area contributed by atoms with E-state index in [4.69, 9.17) is 5.11 Å². The highest BCUT2D eigenvalue weighted by Gasteiger charge is 2.17. The first-order valence-corrected chi connectivity index (χ1v) is 7.65. The largest absolute Gasteiger partial charge is 0.396 e. The van der Waals surface area contributed by atoms with Crippen LogP contribution in [-0.4, -0.2) is 29.7 Å². The van der Waals surface area contributed by atoms with Crippen LogP contribution in [0.15, 0.2) is 15.9 Å². The molecule has 0 amide bonds. The van der Waals surface area contributed by atoms with Gasteiger partial charge in [0.1, 0.15) is 0 Å². The van der Waals surface area contributed by atoms with Crippen LogP contribution in [0.1, 0.15) is 32.1 Å². The number of hydrogen-bond acceptors (Lipinski definition) is 3. The molecule has 98 valence electrons. The van der Waals surface area contributed by atoms with Crippen LogP contribution < -0.4 is 0 Å². The summed E-state index contributed by atoms with van der Waals surface area (Å²) >= 11 is 5.36. The van der Waals surface area contributed by atoms with Gasteiger partial charge in [0.05, 0.1) is 0 Å². The lowest BCUT2D eigenvalue weighted by atomic mass is 9.96. The third-order valence-electron chi connectivity index (χ3n) is 2.39. The molecule has 0 atom stereocenters. The molecule has 0 aliphatic heterocycles. The number of aliphatic hydroxyl groups excluding tert-OH is 1. The Morgan fingerprint density at radius 1 is 1.41 bits per heavy atom. The molecule has 4 heteroatoms. The molecule has 0 radical (unpaired) electrons. The van der Waals surface area contributed by atoms with Crippen LogP contribution in [0.3, 0.4) is 0 Å². The predicted octanol–water partition coefficient (Wildman–Crippen LogP) is 3.74. The van der Waals surface area contributed by atoms with Gasteiger partial charge in [0.25, 0.3) is 0 Å². The Kier molecular flexibility index (Phi) is 6.13. The highest BCUT2D eigenvalue weighted by molar-refractivity contribution is 9.10. The van der Waals surface area contributed by atoms with E-state index in [1.54, 1.807) is 11.3 Å². The highest BCUT2D eigenvalue weighted by Crippen LogP contribution is 2.25. The van der Waals surface area contributed by atoms with E-state index in [9.17, 15) is 0 Å². The summed E-state index contributed by atoms with van der Waals surface area (Å²) in [5.74, 6) is 0. The monoisotopic (exact) mass is 319 g/mol. The summed E-state index contributed by atoms with van der Waals surface area (Å²) in [7, 11) is 0. The van der Waals surface area contributed by atoms with E-state index in [0.29, 0.717) is 5.41 Å². The molecule has 1 rings (SSSR count). The number of nitrogens with zero attached hydrogens (tertiary/aromatic N) is 1. The normalized spacial score (nSPS) is 12.4. The molecule has 0 bridgehead atoms. The van der Waals surface area contributed by atoms with Gasteiger partial charge >= 0.3 is 0 Å². The zero-order valence-corrected chi connectivity index (χ0v) is 13.3. The summed E-state index contributed by atoms with van der Waals surface area (Å²) in [6.07, 6.45) is 0.846. The standard InChI is InChI=1S/C13H22BrNOS/c1-13(2,3)10-15(6-4-7-16)9-12-11(14)5-8-17-12/h5,8,16H,4,6-7,9-10H2,1-3H3. The van der Waals surface area contributed by atoms with Crippen LogP contribution in [0.2, 0.25) is 0 Å². The van der Waals surface area contributed by atoms with Crippen LogP contribution in [0, 0.1) is 5.41 Å². The van der Waals surface area contributed by atoms with Gasteiger partial charge < -0.3 is 5.11 Å². The molecule has 2 nitrogen and oxygen atoms in total. The number of rotatable bonds is 6. The van der Waals surface area contributed by atoms with Crippen molar-refractivity contribution in [3.8, 4) is 0 Å². The first-order chi connectivity index (χ1) is 7.92. The Balaban J connectivity index is 2.60. The molecule has 1 aromatic heterocycles. The second kappa shape index (κ2) is 6.88. The van der Waals surface area contributed by atoms with E-state index in [1.807, 2.05) is 0 Å². The summed E-state index contributed by atoms with van der Waals surface area (Å²) in [5, 5.41) is 11.1. The van der Waals surface area contributed by atoms with Gasteiger partial charge in [-0.1, -0.05) is 20.8 Å². The van der Waals surface area contributed by atoms with Crippen molar-refractivity contribution in [2.24, 2.45) is 5.41 Å². The van der Waals surface area contributed by atoms with Gasteiger partial charge in [-0.25, -0.2) is 0 Å². The van der Waals surface area contributed by atoms with Crippen molar-refractivity contribution in [2.75, 3.05) is 19.7 Å². The maximum atomic E-state index is 8.96. The minimum Gasteiger partial charge on any atom is -0.396 e. The van der Waals surface area contributed by atoms with Crippen molar-refractivity contribution in [1.82, 2.24) is 4.90 Å². The summed E-state index contributed by atoms with van der Waals surface area (Å²) in [6.45, 7) is 10.0. The second-order valence-corrected chi connectivity index (χ2v) is 7.40. The minimum absolute atomic E-state index is 0.270. The maximum Gasteiger partial charge on any atom is 0.0443 e. The van der Waals surface area contributed by atoms with E-state index in [1.165, 1.54) is 9.35 Å². The molecular weight excluding hydrogens is 298 g/mol. The van der Waals surface area contributed by atoms with Gasteiger partial charge in [0.15, 0.2) is 0 Å². The van der Waals surface area contributed by atoms with Crippen molar-refractivity contribution in [1.29, 1.82) is 0 Å². The number of aliphatic hydroxyl groups is 1. The Labute approximate surface area is 117 Å². The molecule has 0 aliphatic rings. The van der Waals surface area contributed by atoms with Crippen LogP contribution >= 0.6 is 27.3 Å². The zero-order chi connectivity index (χ0) is 12.9. The van der Waals surface area contributed by atoms with Crippen molar-refractivity contribution >= 4 is 27.3 Å². The van der Waals surface area contributed by atoms with Crippen molar-refractivity contribution in [3.63, 3.8) is 0 Å². The predicted molar refractivity (Wildman–Crippen MR) is 78.5 cm³/mol. The van der Waals surface area contributed by atoms with Gasteiger partial charge in [-0.2, -0.15) is 0 Å². The average Bonchev–Trinajstić information content (AvgIpc) is 2.59. The minimum atomic E-state index is 0.270. The lowest BCUT2D eigenvalue weighted by Crippen LogP contribution is -2.33. The topological polar surface area (TPSA) is 23.5 Å². The van der Waals surface area contributed by atoms with Gasteiger partial charge in [-0.15, -0.1) is 11.3 Å². The molecule has 0 spiro atoms. The van der Waals surface area contributed by atoms with E-state index in [2.05, 4.69) is 53.0 Å². The van der Waals surface area contributed by atoms with Crippen molar-refractivity contribution < 1.29 is 5.11 Å². The fraction of sp³-hybridized carbons (Fsp3) is 0.692. The third kappa shape index (κ3) is 6.00. The third-order valence-corrected chi connectivity index (χ3v) is 4.30. The Bertz CT molecular complexity index is 332. The molecule has 1 heterocycles. The first kappa shape index (κ1) is 15.2. The van der Waals surface area contributed by atoms with Crippen LogP contribution in [-0.2, 0) is 6.54 Å². The SMILES string of the molecule is CC(C)(C)CN(CCCO)Cc1sccc1Br. The second-order valence-electron chi connectivity index (χ2n) is 5.54. The molecule has 0 unspecified atom stereocenters. The summed E-state index contributed by atoms with van der Waals surface area (Å²) in [5.41, 5.74) is 0.291. The molecule has 1 N–H and O–H groups in total. The average molecular weight is 320 g/mol.